The summed E-state index contributed by atoms with van der Waals surface area (Å²) >= 11 is 2.07. The number of rotatable bonds is 4. The molecular formula is C12H23NS. The first kappa shape index (κ1) is 10.8. The predicted molar refractivity (Wildman–Crippen MR) is 64.9 cm³/mol. The molecule has 2 aliphatic carbocycles. The second-order valence-corrected chi connectivity index (χ2v) is 5.95. The molecule has 1 nitrogen and oxygen atoms in total. The van der Waals surface area contributed by atoms with Crippen molar-refractivity contribution < 1.29 is 0 Å². The maximum Gasteiger partial charge on any atom is 0.0198 e. The molecule has 0 aromatic rings. The Balaban J connectivity index is 1.70. The fourth-order valence-corrected chi connectivity index (χ4v) is 3.59. The third kappa shape index (κ3) is 2.66. The molecule has 0 aromatic carbocycles. The summed E-state index contributed by atoms with van der Waals surface area (Å²) in [5.41, 5.74) is 0. The molecule has 14 heavy (non-hydrogen) atoms. The zero-order valence-electron chi connectivity index (χ0n) is 9.30. The molecule has 2 saturated carbocycles. The fourth-order valence-electron chi connectivity index (χ4n) is 2.63. The van der Waals surface area contributed by atoms with E-state index < -0.39 is 0 Å². The molecule has 2 heteroatoms. The monoisotopic (exact) mass is 213 g/mol. The summed E-state index contributed by atoms with van der Waals surface area (Å²) in [6.07, 6.45) is 12.4. The van der Waals surface area contributed by atoms with Gasteiger partial charge in [-0.05, 0) is 44.4 Å². The van der Waals surface area contributed by atoms with Gasteiger partial charge in [-0.1, -0.05) is 19.3 Å². The smallest absolute Gasteiger partial charge is 0.0198 e. The number of thioether (sulfide) groups is 1. The van der Waals surface area contributed by atoms with Crippen LogP contribution in [0.3, 0.4) is 0 Å². The quantitative estimate of drug-likeness (QED) is 0.770. The van der Waals surface area contributed by atoms with Crippen LogP contribution in [-0.4, -0.2) is 24.1 Å². The van der Waals surface area contributed by atoms with E-state index in [1.807, 2.05) is 0 Å². The van der Waals surface area contributed by atoms with E-state index in [1.54, 1.807) is 0 Å². The van der Waals surface area contributed by atoms with Crippen molar-refractivity contribution in [3.05, 3.63) is 0 Å². The minimum Gasteiger partial charge on any atom is -0.313 e. The van der Waals surface area contributed by atoms with Crippen molar-refractivity contribution in [1.82, 2.24) is 5.32 Å². The van der Waals surface area contributed by atoms with Gasteiger partial charge in [-0.2, -0.15) is 11.8 Å². The van der Waals surface area contributed by atoms with Gasteiger partial charge in [-0.3, -0.25) is 0 Å². The van der Waals surface area contributed by atoms with E-state index in [9.17, 15) is 0 Å². The average Bonchev–Trinajstić information content (AvgIpc) is 2.16. The van der Waals surface area contributed by atoms with E-state index in [2.05, 4.69) is 23.3 Å². The van der Waals surface area contributed by atoms with Gasteiger partial charge in [-0.25, -0.2) is 0 Å². The van der Waals surface area contributed by atoms with E-state index in [-0.39, 0.29) is 0 Å². The first-order valence-electron chi connectivity index (χ1n) is 6.16. The molecule has 2 fully saturated rings. The molecule has 2 rings (SSSR count). The standard InChI is InChI=1S/C12H23NS/c1-14-12-8-3-2-7-11(12)13-9-10-5-4-6-10/h10-13H,2-9H2,1H3. The van der Waals surface area contributed by atoms with Gasteiger partial charge < -0.3 is 5.32 Å². The van der Waals surface area contributed by atoms with E-state index in [4.69, 9.17) is 0 Å². The normalized spacial score (nSPS) is 34.1. The average molecular weight is 213 g/mol. The second kappa shape index (κ2) is 5.41. The zero-order chi connectivity index (χ0) is 9.80. The second-order valence-electron chi connectivity index (χ2n) is 4.87. The molecule has 1 N–H and O–H groups in total. The van der Waals surface area contributed by atoms with E-state index >= 15 is 0 Å². The van der Waals surface area contributed by atoms with Crippen molar-refractivity contribution in [3.8, 4) is 0 Å². The first-order valence-corrected chi connectivity index (χ1v) is 7.45. The SMILES string of the molecule is CSC1CCCCC1NCC1CCC1. The lowest BCUT2D eigenvalue weighted by molar-refractivity contribution is 0.273. The molecular weight excluding hydrogens is 190 g/mol. The van der Waals surface area contributed by atoms with Gasteiger partial charge in [0.05, 0.1) is 0 Å². The van der Waals surface area contributed by atoms with Crippen LogP contribution in [0.5, 0.6) is 0 Å². The largest absolute Gasteiger partial charge is 0.313 e. The predicted octanol–water partition coefficient (Wildman–Crippen LogP) is 3.05. The van der Waals surface area contributed by atoms with Crippen LogP contribution in [0.15, 0.2) is 0 Å². The van der Waals surface area contributed by atoms with Crippen LogP contribution in [0, 0.1) is 5.92 Å². The molecule has 0 bridgehead atoms. The topological polar surface area (TPSA) is 12.0 Å². The van der Waals surface area contributed by atoms with Crippen molar-refractivity contribution in [3.63, 3.8) is 0 Å². The van der Waals surface area contributed by atoms with Gasteiger partial charge in [0.15, 0.2) is 0 Å². The summed E-state index contributed by atoms with van der Waals surface area (Å²) in [6, 6.07) is 0.819. The Bertz CT molecular complexity index is 168. The summed E-state index contributed by atoms with van der Waals surface area (Å²) in [5.74, 6) is 1.01. The molecule has 0 spiro atoms. The molecule has 0 heterocycles. The van der Waals surface area contributed by atoms with Crippen molar-refractivity contribution >= 4 is 11.8 Å². The Labute approximate surface area is 92.4 Å². The lowest BCUT2D eigenvalue weighted by atomic mass is 9.85. The minimum atomic E-state index is 0.819. The van der Waals surface area contributed by atoms with Gasteiger partial charge in [-0.15, -0.1) is 0 Å². The van der Waals surface area contributed by atoms with Crippen molar-refractivity contribution in [2.24, 2.45) is 5.92 Å². The van der Waals surface area contributed by atoms with Gasteiger partial charge >= 0.3 is 0 Å². The summed E-state index contributed by atoms with van der Waals surface area (Å²) in [4.78, 5) is 0. The highest BCUT2D eigenvalue weighted by Gasteiger charge is 2.25. The molecule has 2 aliphatic rings. The third-order valence-corrected chi connectivity index (χ3v) is 5.07. The minimum absolute atomic E-state index is 0.819. The van der Waals surface area contributed by atoms with E-state index in [1.165, 1.54) is 51.5 Å². The molecule has 0 aliphatic heterocycles. The lowest BCUT2D eigenvalue weighted by Gasteiger charge is -2.34. The Morgan fingerprint density at radius 1 is 1.07 bits per heavy atom. The number of hydrogen-bond donors (Lipinski definition) is 1. The van der Waals surface area contributed by atoms with Crippen molar-refractivity contribution in [2.45, 2.75) is 56.2 Å². The molecule has 82 valence electrons. The zero-order valence-corrected chi connectivity index (χ0v) is 10.1. The number of nitrogens with one attached hydrogen (secondary N) is 1. The van der Waals surface area contributed by atoms with Gasteiger partial charge in [0.1, 0.15) is 0 Å². The maximum atomic E-state index is 3.80. The van der Waals surface area contributed by atoms with Crippen LogP contribution < -0.4 is 5.32 Å². The Kier molecular flexibility index (Phi) is 4.18. The molecule has 0 saturated heterocycles. The number of hydrogen-bond acceptors (Lipinski definition) is 2. The molecule has 0 radical (unpaired) electrons. The van der Waals surface area contributed by atoms with Crippen LogP contribution in [0.4, 0.5) is 0 Å². The van der Waals surface area contributed by atoms with Crippen LogP contribution in [-0.2, 0) is 0 Å². The molecule has 2 unspecified atom stereocenters. The summed E-state index contributed by atoms with van der Waals surface area (Å²) in [5, 5.41) is 4.70. The Morgan fingerprint density at radius 3 is 2.50 bits per heavy atom. The highest BCUT2D eigenvalue weighted by molar-refractivity contribution is 7.99. The van der Waals surface area contributed by atoms with Gasteiger partial charge in [0.25, 0.3) is 0 Å². The molecule has 2 atom stereocenters. The Morgan fingerprint density at radius 2 is 1.86 bits per heavy atom. The lowest BCUT2D eigenvalue weighted by Crippen LogP contribution is -2.43. The summed E-state index contributed by atoms with van der Waals surface area (Å²) in [6.45, 7) is 1.29. The maximum absolute atomic E-state index is 3.80. The molecule has 0 amide bonds. The van der Waals surface area contributed by atoms with Crippen molar-refractivity contribution in [1.29, 1.82) is 0 Å². The third-order valence-electron chi connectivity index (χ3n) is 3.90. The highest BCUT2D eigenvalue weighted by atomic mass is 32.2. The van der Waals surface area contributed by atoms with Crippen LogP contribution >= 0.6 is 11.8 Å². The van der Waals surface area contributed by atoms with Crippen molar-refractivity contribution in [2.75, 3.05) is 12.8 Å². The van der Waals surface area contributed by atoms with Crippen LogP contribution in [0.25, 0.3) is 0 Å². The Hall–Kier alpha value is 0.310. The highest BCUT2D eigenvalue weighted by Crippen LogP contribution is 2.29. The van der Waals surface area contributed by atoms with Gasteiger partial charge in [0.2, 0.25) is 0 Å². The first-order chi connectivity index (χ1) is 6.90. The van der Waals surface area contributed by atoms with E-state index in [0.717, 1.165) is 17.2 Å². The molecule has 0 aromatic heterocycles. The summed E-state index contributed by atoms with van der Waals surface area (Å²) in [7, 11) is 0. The fraction of sp³-hybridized carbons (Fsp3) is 1.00. The van der Waals surface area contributed by atoms with Crippen LogP contribution in [0.2, 0.25) is 0 Å². The summed E-state index contributed by atoms with van der Waals surface area (Å²) < 4.78 is 0. The van der Waals surface area contributed by atoms with Crippen LogP contribution in [0.1, 0.15) is 44.9 Å². The van der Waals surface area contributed by atoms with Gasteiger partial charge in [0, 0.05) is 11.3 Å². The van der Waals surface area contributed by atoms with E-state index in [0.29, 0.717) is 0 Å².